The Bertz CT molecular complexity index is 1110. The van der Waals surface area contributed by atoms with E-state index in [1.54, 1.807) is 31.1 Å². The zero-order chi connectivity index (χ0) is 24.7. The predicted molar refractivity (Wildman–Crippen MR) is 137 cm³/mol. The van der Waals surface area contributed by atoms with E-state index in [9.17, 15) is 9.59 Å². The third-order valence-electron chi connectivity index (χ3n) is 6.29. The largest absolute Gasteiger partial charge is 0.378 e. The van der Waals surface area contributed by atoms with E-state index in [1.807, 2.05) is 66.7 Å². The molecule has 35 heavy (non-hydrogen) atoms. The molecule has 1 saturated heterocycles. The van der Waals surface area contributed by atoms with E-state index in [4.69, 9.17) is 4.74 Å². The number of carbonyl (C=O) groups is 2. The summed E-state index contributed by atoms with van der Waals surface area (Å²) in [6.07, 6.45) is 3.63. The highest BCUT2D eigenvalue weighted by Gasteiger charge is 2.38. The van der Waals surface area contributed by atoms with Crippen LogP contribution in [0.4, 0.5) is 11.4 Å². The Morgan fingerprint density at radius 1 is 0.971 bits per heavy atom. The Labute approximate surface area is 206 Å². The second kappa shape index (κ2) is 11.1. The molecule has 182 valence electrons. The van der Waals surface area contributed by atoms with E-state index in [2.05, 4.69) is 15.2 Å². The van der Waals surface area contributed by atoms with Crippen LogP contribution in [0, 0.1) is 0 Å². The number of carbonyl (C=O) groups excluding carboxylic acids is 2. The van der Waals surface area contributed by atoms with Crippen molar-refractivity contribution in [3.8, 4) is 0 Å². The van der Waals surface area contributed by atoms with Crippen LogP contribution in [0.2, 0.25) is 0 Å². The maximum absolute atomic E-state index is 13.5. The molecule has 7 nitrogen and oxygen atoms in total. The van der Waals surface area contributed by atoms with E-state index in [0.717, 1.165) is 43.1 Å². The fourth-order valence-corrected chi connectivity index (χ4v) is 4.12. The summed E-state index contributed by atoms with van der Waals surface area (Å²) < 4.78 is 5.42. The Hall–Kier alpha value is -3.71. The molecule has 0 atom stereocenters. The molecule has 7 heteroatoms. The van der Waals surface area contributed by atoms with Crippen LogP contribution in [-0.2, 0) is 27.3 Å². The third kappa shape index (κ3) is 6.25. The Kier molecular flexibility index (Phi) is 7.77. The van der Waals surface area contributed by atoms with Crippen molar-refractivity contribution in [1.29, 1.82) is 0 Å². The smallest absolute Gasteiger partial charge is 0.249 e. The molecular weight excluding hydrogens is 440 g/mol. The molecule has 0 spiro atoms. The van der Waals surface area contributed by atoms with Gasteiger partial charge in [-0.3, -0.25) is 14.6 Å². The quantitative estimate of drug-likeness (QED) is 0.538. The zero-order valence-corrected chi connectivity index (χ0v) is 20.3. The Morgan fingerprint density at radius 3 is 2.31 bits per heavy atom. The molecule has 2 amide bonds. The van der Waals surface area contributed by atoms with Crippen LogP contribution in [0.25, 0.3) is 0 Å². The number of benzene rings is 2. The molecule has 4 rings (SSSR count). The van der Waals surface area contributed by atoms with Gasteiger partial charge < -0.3 is 19.9 Å². The molecule has 1 fully saturated rings. The minimum Gasteiger partial charge on any atom is -0.378 e. The lowest BCUT2D eigenvalue weighted by molar-refractivity contribution is -0.144. The van der Waals surface area contributed by atoms with Crippen molar-refractivity contribution in [3.63, 3.8) is 0 Å². The maximum atomic E-state index is 13.5. The molecule has 3 aromatic rings. The molecule has 2 heterocycles. The van der Waals surface area contributed by atoms with Gasteiger partial charge in [-0.15, -0.1) is 0 Å². The average molecular weight is 473 g/mol. The second-order valence-electron chi connectivity index (χ2n) is 9.16. The van der Waals surface area contributed by atoms with Gasteiger partial charge in [0.25, 0.3) is 0 Å². The summed E-state index contributed by atoms with van der Waals surface area (Å²) in [6.45, 7) is 6.99. The van der Waals surface area contributed by atoms with Gasteiger partial charge in [0.1, 0.15) is 5.54 Å². The minimum absolute atomic E-state index is 0.122. The van der Waals surface area contributed by atoms with E-state index < -0.39 is 5.54 Å². The van der Waals surface area contributed by atoms with Crippen molar-refractivity contribution in [2.45, 2.75) is 32.4 Å². The number of amides is 2. The van der Waals surface area contributed by atoms with Crippen molar-refractivity contribution in [2.24, 2.45) is 0 Å². The van der Waals surface area contributed by atoms with Gasteiger partial charge in [0.05, 0.1) is 19.6 Å². The molecule has 2 aromatic carbocycles. The van der Waals surface area contributed by atoms with Gasteiger partial charge >= 0.3 is 0 Å². The van der Waals surface area contributed by atoms with Gasteiger partial charge in [-0.2, -0.15) is 0 Å². The predicted octanol–water partition coefficient (Wildman–Crippen LogP) is 3.91. The molecule has 0 radical (unpaired) electrons. The number of nitrogens with one attached hydrogen (secondary N) is 1. The number of anilines is 2. The van der Waals surface area contributed by atoms with E-state index >= 15 is 0 Å². The summed E-state index contributed by atoms with van der Waals surface area (Å²) in [4.78, 5) is 35.0. The van der Waals surface area contributed by atoms with Gasteiger partial charge in [0, 0.05) is 43.4 Å². The number of nitrogens with zero attached hydrogens (tertiary/aromatic N) is 3. The first-order valence-corrected chi connectivity index (χ1v) is 11.9. The van der Waals surface area contributed by atoms with Crippen molar-refractivity contribution < 1.29 is 14.3 Å². The Morgan fingerprint density at radius 2 is 1.66 bits per heavy atom. The highest BCUT2D eigenvalue weighted by Crippen LogP contribution is 2.24. The SMILES string of the molecule is CC(C)(C(=O)Nc1ccc(N2CCOCC2)cc1)N(Cc1cccnc1)C(=O)Cc1ccccc1. The van der Waals surface area contributed by atoms with Crippen LogP contribution in [0.5, 0.6) is 0 Å². The van der Waals surface area contributed by atoms with Crippen molar-refractivity contribution >= 4 is 23.2 Å². The topological polar surface area (TPSA) is 74.8 Å². The highest BCUT2D eigenvalue weighted by atomic mass is 16.5. The summed E-state index contributed by atoms with van der Waals surface area (Å²) in [7, 11) is 0. The van der Waals surface area contributed by atoms with Crippen LogP contribution in [-0.4, -0.2) is 53.5 Å². The molecule has 1 aliphatic heterocycles. The van der Waals surface area contributed by atoms with Crippen LogP contribution in [0.1, 0.15) is 25.0 Å². The molecule has 1 N–H and O–H groups in total. The molecule has 0 bridgehead atoms. The molecule has 1 aliphatic rings. The first kappa shape index (κ1) is 24.4. The van der Waals surface area contributed by atoms with E-state index in [-0.39, 0.29) is 24.8 Å². The highest BCUT2D eigenvalue weighted by molar-refractivity contribution is 6.00. The van der Waals surface area contributed by atoms with Gasteiger partial charge in [0.2, 0.25) is 11.8 Å². The van der Waals surface area contributed by atoms with Gasteiger partial charge in [-0.1, -0.05) is 36.4 Å². The summed E-state index contributed by atoms with van der Waals surface area (Å²) in [5.41, 5.74) is 2.47. The van der Waals surface area contributed by atoms with Crippen LogP contribution < -0.4 is 10.2 Å². The lowest BCUT2D eigenvalue weighted by atomic mass is 9.98. The van der Waals surface area contributed by atoms with E-state index in [0.29, 0.717) is 5.69 Å². The van der Waals surface area contributed by atoms with Gasteiger partial charge in [0.15, 0.2) is 0 Å². The van der Waals surface area contributed by atoms with Gasteiger partial charge in [-0.05, 0) is 55.3 Å². The molecular formula is C28H32N4O3. The molecule has 1 aromatic heterocycles. The average Bonchev–Trinajstić information content (AvgIpc) is 2.89. The van der Waals surface area contributed by atoms with Crippen LogP contribution >= 0.6 is 0 Å². The summed E-state index contributed by atoms with van der Waals surface area (Å²) >= 11 is 0. The number of morpholine rings is 1. The first-order chi connectivity index (χ1) is 16.9. The maximum Gasteiger partial charge on any atom is 0.249 e. The van der Waals surface area contributed by atoms with Crippen molar-refractivity contribution in [3.05, 3.63) is 90.3 Å². The van der Waals surface area contributed by atoms with Crippen LogP contribution in [0.15, 0.2) is 79.1 Å². The fraction of sp³-hybridized carbons (Fsp3) is 0.321. The molecule has 0 aliphatic carbocycles. The minimum atomic E-state index is -1.09. The van der Waals surface area contributed by atoms with Crippen molar-refractivity contribution in [1.82, 2.24) is 9.88 Å². The first-order valence-electron chi connectivity index (χ1n) is 11.9. The number of pyridine rings is 1. The number of hydrogen-bond acceptors (Lipinski definition) is 5. The number of rotatable bonds is 8. The van der Waals surface area contributed by atoms with E-state index in [1.165, 1.54) is 0 Å². The lowest BCUT2D eigenvalue weighted by Crippen LogP contribution is -2.55. The fourth-order valence-electron chi connectivity index (χ4n) is 4.12. The lowest BCUT2D eigenvalue weighted by Gasteiger charge is -2.37. The monoisotopic (exact) mass is 472 g/mol. The number of aromatic nitrogens is 1. The third-order valence-corrected chi connectivity index (χ3v) is 6.29. The number of ether oxygens (including phenoxy) is 1. The molecule has 0 saturated carbocycles. The standard InChI is InChI=1S/C28H32N4O3/c1-28(2,27(34)30-24-10-12-25(13-11-24)31-15-17-35-18-16-31)32(21-23-9-6-14-29-20-23)26(33)19-22-7-4-3-5-8-22/h3-14,20H,15-19,21H2,1-2H3,(H,30,34). The van der Waals surface area contributed by atoms with Crippen LogP contribution in [0.3, 0.4) is 0 Å². The van der Waals surface area contributed by atoms with Gasteiger partial charge in [-0.25, -0.2) is 0 Å². The zero-order valence-electron chi connectivity index (χ0n) is 20.3. The summed E-state index contributed by atoms with van der Waals surface area (Å²) in [6, 6.07) is 21.1. The summed E-state index contributed by atoms with van der Waals surface area (Å²) in [5.74, 6) is -0.371. The van der Waals surface area contributed by atoms with Crippen molar-refractivity contribution in [2.75, 3.05) is 36.5 Å². The second-order valence-corrected chi connectivity index (χ2v) is 9.16. The normalized spacial score (nSPS) is 13.8. The summed E-state index contributed by atoms with van der Waals surface area (Å²) in [5, 5.41) is 3.01. The molecule has 0 unspecified atom stereocenters. The number of hydrogen-bond donors (Lipinski definition) is 1. The Balaban J connectivity index is 1.50.